The van der Waals surface area contributed by atoms with Gasteiger partial charge in [0.2, 0.25) is 0 Å². The summed E-state index contributed by atoms with van der Waals surface area (Å²) in [5, 5.41) is 18.4. The van der Waals surface area contributed by atoms with E-state index >= 15 is 0 Å². The Morgan fingerprint density at radius 3 is 2.50 bits per heavy atom. The number of aliphatic hydroxyl groups is 1. The molecule has 1 rings (SSSR count). The van der Waals surface area contributed by atoms with Crippen LogP contribution in [0.25, 0.3) is 0 Å². The number of carboxylic acid groups (broad SMARTS) is 1. The van der Waals surface area contributed by atoms with E-state index in [0.29, 0.717) is 23.5 Å². The highest BCUT2D eigenvalue weighted by Gasteiger charge is 2.19. The quantitative estimate of drug-likeness (QED) is 0.812. The molecule has 0 aliphatic heterocycles. The second-order valence-electron chi connectivity index (χ2n) is 3.94. The maximum absolute atomic E-state index is 10.9. The Morgan fingerprint density at radius 1 is 1.39 bits per heavy atom. The van der Waals surface area contributed by atoms with Gasteiger partial charge in [-0.25, -0.2) is 4.79 Å². The maximum Gasteiger partial charge on any atom is 0.344 e. The van der Waals surface area contributed by atoms with Crippen LogP contribution in [0.15, 0.2) is 18.2 Å². The molecule has 0 heterocycles. The molecule has 5 nitrogen and oxygen atoms in total. The maximum atomic E-state index is 10.9. The summed E-state index contributed by atoms with van der Waals surface area (Å²) >= 11 is 0. The van der Waals surface area contributed by atoms with E-state index in [1.165, 1.54) is 7.11 Å². The Labute approximate surface area is 106 Å². The van der Waals surface area contributed by atoms with Crippen molar-refractivity contribution < 1.29 is 24.5 Å². The molecule has 2 atom stereocenters. The van der Waals surface area contributed by atoms with Crippen LogP contribution >= 0.6 is 0 Å². The molecule has 0 amide bonds. The van der Waals surface area contributed by atoms with E-state index in [0.717, 1.165) is 0 Å². The van der Waals surface area contributed by atoms with Gasteiger partial charge in [0.05, 0.1) is 13.2 Å². The van der Waals surface area contributed by atoms with Gasteiger partial charge in [0.15, 0.2) is 17.6 Å². The zero-order valence-electron chi connectivity index (χ0n) is 10.7. The van der Waals surface area contributed by atoms with Crippen LogP contribution in [0, 0.1) is 0 Å². The zero-order chi connectivity index (χ0) is 13.7. The Bertz CT molecular complexity index is 414. The lowest BCUT2D eigenvalue weighted by Gasteiger charge is -2.17. The molecule has 0 saturated carbocycles. The van der Waals surface area contributed by atoms with Crippen molar-refractivity contribution in [2.75, 3.05) is 7.11 Å². The summed E-state index contributed by atoms with van der Waals surface area (Å²) in [4.78, 5) is 10.9. The van der Waals surface area contributed by atoms with Crippen LogP contribution < -0.4 is 9.47 Å². The fraction of sp³-hybridized carbons (Fsp3) is 0.462. The number of hydrogen-bond donors (Lipinski definition) is 2. The molecule has 0 saturated heterocycles. The van der Waals surface area contributed by atoms with Crippen molar-refractivity contribution in [2.45, 2.75) is 32.5 Å². The van der Waals surface area contributed by atoms with E-state index in [-0.39, 0.29) is 0 Å². The molecule has 5 heteroatoms. The molecule has 2 unspecified atom stereocenters. The normalized spacial score (nSPS) is 13.8. The first-order chi connectivity index (χ1) is 8.49. The second-order valence-corrected chi connectivity index (χ2v) is 3.94. The van der Waals surface area contributed by atoms with Crippen molar-refractivity contribution in [2.24, 2.45) is 0 Å². The predicted octanol–water partition coefficient (Wildman–Crippen LogP) is 1.99. The van der Waals surface area contributed by atoms with Gasteiger partial charge in [0.1, 0.15) is 0 Å². The summed E-state index contributed by atoms with van der Waals surface area (Å²) in [6.07, 6.45) is -1.16. The van der Waals surface area contributed by atoms with Crippen molar-refractivity contribution in [3.63, 3.8) is 0 Å². The summed E-state index contributed by atoms with van der Waals surface area (Å²) in [6.45, 7) is 3.37. The lowest BCUT2D eigenvalue weighted by molar-refractivity contribution is -0.145. The molecule has 0 spiro atoms. The van der Waals surface area contributed by atoms with E-state index < -0.39 is 18.2 Å². The topological polar surface area (TPSA) is 76.0 Å². The van der Waals surface area contributed by atoms with Gasteiger partial charge in [-0.1, -0.05) is 13.0 Å². The molecular formula is C13H18O5. The van der Waals surface area contributed by atoms with Crippen LogP contribution in [0.2, 0.25) is 0 Å². The molecule has 0 aliphatic rings. The molecule has 1 aromatic carbocycles. The van der Waals surface area contributed by atoms with Gasteiger partial charge >= 0.3 is 5.97 Å². The highest BCUT2D eigenvalue weighted by atomic mass is 16.5. The van der Waals surface area contributed by atoms with Crippen molar-refractivity contribution >= 4 is 5.97 Å². The SMILES string of the molecule is CCC(Oc1ccc(C(C)O)cc1OC)C(=O)O. The molecule has 18 heavy (non-hydrogen) atoms. The number of benzene rings is 1. The Balaban J connectivity index is 2.98. The number of methoxy groups -OCH3 is 1. The summed E-state index contributed by atoms with van der Waals surface area (Å²) in [7, 11) is 1.47. The molecule has 1 aromatic rings. The van der Waals surface area contributed by atoms with E-state index in [4.69, 9.17) is 14.6 Å². The molecule has 0 bridgehead atoms. The number of aliphatic hydroxyl groups excluding tert-OH is 1. The third kappa shape index (κ3) is 3.37. The van der Waals surface area contributed by atoms with Crippen LogP contribution in [0.5, 0.6) is 11.5 Å². The average molecular weight is 254 g/mol. The largest absolute Gasteiger partial charge is 0.493 e. The van der Waals surface area contributed by atoms with E-state index in [9.17, 15) is 9.90 Å². The molecule has 0 fully saturated rings. The average Bonchev–Trinajstić information content (AvgIpc) is 2.35. The van der Waals surface area contributed by atoms with Crippen LogP contribution in [0.3, 0.4) is 0 Å². The third-order valence-electron chi connectivity index (χ3n) is 2.59. The van der Waals surface area contributed by atoms with Crippen LogP contribution in [0.1, 0.15) is 31.9 Å². The summed E-state index contributed by atoms with van der Waals surface area (Å²) < 4.78 is 10.5. The van der Waals surface area contributed by atoms with Crippen molar-refractivity contribution in [1.82, 2.24) is 0 Å². The van der Waals surface area contributed by atoms with Crippen LogP contribution in [0.4, 0.5) is 0 Å². The minimum Gasteiger partial charge on any atom is -0.493 e. The number of rotatable bonds is 6. The standard InChI is InChI=1S/C13H18O5/c1-4-10(13(15)16)18-11-6-5-9(8(2)14)7-12(11)17-3/h5-8,10,14H,4H2,1-3H3,(H,15,16). The highest BCUT2D eigenvalue weighted by molar-refractivity contribution is 5.72. The number of ether oxygens (including phenoxy) is 2. The lowest BCUT2D eigenvalue weighted by atomic mass is 10.1. The van der Waals surface area contributed by atoms with Gasteiger partial charge in [0, 0.05) is 0 Å². The Kier molecular flexibility index (Phi) is 4.97. The highest BCUT2D eigenvalue weighted by Crippen LogP contribution is 2.31. The summed E-state index contributed by atoms with van der Waals surface area (Å²) in [5.41, 5.74) is 0.683. The van der Waals surface area contributed by atoms with Gasteiger partial charge in [0.25, 0.3) is 0 Å². The van der Waals surface area contributed by atoms with Gasteiger partial charge in [-0.05, 0) is 31.0 Å². The van der Waals surface area contributed by atoms with E-state index in [1.54, 1.807) is 32.0 Å². The first kappa shape index (κ1) is 14.3. The van der Waals surface area contributed by atoms with Gasteiger partial charge in [-0.15, -0.1) is 0 Å². The summed E-state index contributed by atoms with van der Waals surface area (Å²) in [5.74, 6) is -0.247. The third-order valence-corrected chi connectivity index (χ3v) is 2.59. The van der Waals surface area contributed by atoms with Gasteiger partial charge in [-0.2, -0.15) is 0 Å². The van der Waals surface area contributed by atoms with Gasteiger partial charge in [-0.3, -0.25) is 0 Å². The number of hydrogen-bond acceptors (Lipinski definition) is 4. The van der Waals surface area contributed by atoms with Crippen LogP contribution in [-0.4, -0.2) is 29.4 Å². The minimum absolute atomic E-state index is 0.358. The minimum atomic E-state index is -1.01. The Hall–Kier alpha value is -1.75. The zero-order valence-corrected chi connectivity index (χ0v) is 10.7. The Morgan fingerprint density at radius 2 is 2.06 bits per heavy atom. The smallest absolute Gasteiger partial charge is 0.344 e. The van der Waals surface area contributed by atoms with Crippen molar-refractivity contribution in [1.29, 1.82) is 0 Å². The fourth-order valence-corrected chi connectivity index (χ4v) is 1.50. The molecule has 2 N–H and O–H groups in total. The van der Waals surface area contributed by atoms with Crippen molar-refractivity contribution in [3.05, 3.63) is 23.8 Å². The molecular weight excluding hydrogens is 236 g/mol. The second kappa shape index (κ2) is 6.26. The van der Waals surface area contributed by atoms with Crippen molar-refractivity contribution in [3.8, 4) is 11.5 Å². The summed E-state index contributed by atoms with van der Waals surface area (Å²) in [6, 6.07) is 4.91. The molecule has 0 radical (unpaired) electrons. The number of carboxylic acids is 1. The van der Waals surface area contributed by atoms with Gasteiger partial charge < -0.3 is 19.7 Å². The molecule has 100 valence electrons. The molecule has 0 aromatic heterocycles. The predicted molar refractivity (Wildman–Crippen MR) is 66.0 cm³/mol. The monoisotopic (exact) mass is 254 g/mol. The molecule has 0 aliphatic carbocycles. The number of carbonyl (C=O) groups is 1. The fourth-order valence-electron chi connectivity index (χ4n) is 1.50. The number of aliphatic carboxylic acids is 1. The van der Waals surface area contributed by atoms with E-state index in [2.05, 4.69) is 0 Å². The van der Waals surface area contributed by atoms with Crippen LogP contribution in [-0.2, 0) is 4.79 Å². The first-order valence-electron chi connectivity index (χ1n) is 5.75. The lowest BCUT2D eigenvalue weighted by Crippen LogP contribution is -2.26. The first-order valence-corrected chi connectivity index (χ1v) is 5.75. The van der Waals surface area contributed by atoms with E-state index in [1.807, 2.05) is 0 Å².